The van der Waals surface area contributed by atoms with Crippen LogP contribution in [0.1, 0.15) is 43.6 Å². The number of hydrogen-bond donors (Lipinski definition) is 2. The molecule has 5 atom stereocenters. The van der Waals surface area contributed by atoms with E-state index in [1.807, 2.05) is 6.07 Å². The molecule has 9 heteroatoms. The molecule has 1 aromatic heterocycles. The summed E-state index contributed by atoms with van der Waals surface area (Å²) in [6, 6.07) is 3.50. The Hall–Kier alpha value is -1.87. The molecule has 6 nitrogen and oxygen atoms in total. The number of alkyl halides is 3. The number of carbonyl (C=O) groups excluding carboxylic acids is 1. The molecule has 0 bridgehead atoms. The third-order valence-corrected chi connectivity index (χ3v) is 7.37. The van der Waals surface area contributed by atoms with Crippen LogP contribution in [0.4, 0.5) is 19.0 Å². The molecule has 0 aromatic carbocycles. The van der Waals surface area contributed by atoms with Crippen LogP contribution in [0.3, 0.4) is 0 Å². The average molecular weight is 423 g/mol. The molecule has 1 aromatic rings. The van der Waals surface area contributed by atoms with Crippen molar-refractivity contribution in [1.29, 1.82) is 0 Å². The number of aromatic nitrogens is 1. The zero-order chi connectivity index (χ0) is 20.9. The third-order valence-electron chi connectivity index (χ3n) is 7.37. The maximum Gasteiger partial charge on any atom is 0.406 e. The van der Waals surface area contributed by atoms with Gasteiger partial charge in [-0.2, -0.15) is 13.2 Å². The Balaban J connectivity index is 1.44. The van der Waals surface area contributed by atoms with E-state index in [4.69, 9.17) is 0 Å². The third kappa shape index (κ3) is 3.56. The van der Waals surface area contributed by atoms with Gasteiger partial charge in [-0.15, -0.1) is 0 Å². The summed E-state index contributed by atoms with van der Waals surface area (Å²) < 4.78 is 40.1. The molecular formula is C21H28F3N5O. The van der Waals surface area contributed by atoms with Crippen molar-refractivity contribution in [3.05, 3.63) is 23.9 Å². The van der Waals surface area contributed by atoms with E-state index in [0.29, 0.717) is 13.0 Å². The zero-order valence-electron chi connectivity index (χ0n) is 16.9. The highest BCUT2D eigenvalue weighted by molar-refractivity contribution is 5.82. The molecule has 3 aliphatic heterocycles. The van der Waals surface area contributed by atoms with Crippen molar-refractivity contribution in [3.8, 4) is 0 Å². The van der Waals surface area contributed by atoms with Gasteiger partial charge in [-0.3, -0.25) is 15.6 Å². The van der Waals surface area contributed by atoms with E-state index >= 15 is 0 Å². The summed E-state index contributed by atoms with van der Waals surface area (Å²) in [6.45, 7) is 1.18. The first-order valence-corrected chi connectivity index (χ1v) is 11.0. The lowest BCUT2D eigenvalue weighted by Gasteiger charge is -2.50. The quantitative estimate of drug-likeness (QED) is 0.782. The first-order valence-electron chi connectivity index (χ1n) is 11.0. The lowest BCUT2D eigenvalue weighted by molar-refractivity contribution is -0.178. The zero-order valence-corrected chi connectivity index (χ0v) is 16.9. The fraction of sp³-hybridized carbons (Fsp3) is 0.714. The summed E-state index contributed by atoms with van der Waals surface area (Å²) in [5, 5.41) is 0. The van der Waals surface area contributed by atoms with Crippen LogP contribution in [-0.4, -0.2) is 60.2 Å². The predicted molar refractivity (Wildman–Crippen MR) is 106 cm³/mol. The first-order chi connectivity index (χ1) is 14.4. The molecular weight excluding hydrogens is 395 g/mol. The Labute approximate surface area is 174 Å². The fourth-order valence-corrected chi connectivity index (χ4v) is 6.08. The van der Waals surface area contributed by atoms with Crippen molar-refractivity contribution in [2.24, 2.45) is 11.8 Å². The van der Waals surface area contributed by atoms with E-state index in [1.54, 1.807) is 6.20 Å². The molecule has 4 fully saturated rings. The summed E-state index contributed by atoms with van der Waals surface area (Å²) in [6.07, 6.45) is 1.95. The predicted octanol–water partition coefficient (Wildman–Crippen LogP) is 2.43. The molecule has 1 aliphatic carbocycles. The van der Waals surface area contributed by atoms with E-state index in [0.717, 1.165) is 55.1 Å². The molecule has 5 rings (SSSR count). The van der Waals surface area contributed by atoms with Crippen molar-refractivity contribution < 1.29 is 18.0 Å². The van der Waals surface area contributed by atoms with Gasteiger partial charge in [-0.25, -0.2) is 4.98 Å². The topological polar surface area (TPSA) is 60.5 Å². The van der Waals surface area contributed by atoms with Crippen molar-refractivity contribution in [1.82, 2.24) is 20.7 Å². The number of anilines is 1. The maximum atomic E-state index is 13.4. The number of fused-ring (bicyclic) bond motifs is 3. The summed E-state index contributed by atoms with van der Waals surface area (Å²) >= 11 is 0. The Bertz CT molecular complexity index is 797. The summed E-state index contributed by atoms with van der Waals surface area (Å²) in [7, 11) is 0. The van der Waals surface area contributed by atoms with Gasteiger partial charge in [0.1, 0.15) is 12.4 Å². The Morgan fingerprint density at radius 2 is 2.00 bits per heavy atom. The van der Waals surface area contributed by atoms with E-state index in [1.165, 1.54) is 0 Å². The van der Waals surface area contributed by atoms with E-state index in [-0.39, 0.29) is 23.8 Å². The van der Waals surface area contributed by atoms with E-state index in [2.05, 4.69) is 26.8 Å². The lowest BCUT2D eigenvalue weighted by atomic mass is 9.67. The second-order valence-electron chi connectivity index (χ2n) is 9.09. The second kappa shape index (κ2) is 7.67. The number of hydrogen-bond acceptors (Lipinski definition) is 5. The molecule has 5 unspecified atom stereocenters. The van der Waals surface area contributed by atoms with Crippen LogP contribution in [0.2, 0.25) is 0 Å². The van der Waals surface area contributed by atoms with Gasteiger partial charge in [0.15, 0.2) is 0 Å². The van der Waals surface area contributed by atoms with Crippen LogP contribution in [0.5, 0.6) is 0 Å². The second-order valence-corrected chi connectivity index (χ2v) is 9.09. The molecule has 3 saturated heterocycles. The normalized spacial score (nSPS) is 34.2. The Morgan fingerprint density at radius 1 is 1.20 bits per heavy atom. The number of likely N-dealkylation sites (tertiary alicyclic amines) is 1. The highest BCUT2D eigenvalue weighted by Gasteiger charge is 2.54. The van der Waals surface area contributed by atoms with Crippen molar-refractivity contribution in [2.45, 2.75) is 56.3 Å². The van der Waals surface area contributed by atoms with Crippen LogP contribution in [0.15, 0.2) is 18.3 Å². The number of pyridine rings is 1. The summed E-state index contributed by atoms with van der Waals surface area (Å²) in [5.41, 5.74) is 7.31. The number of rotatable bonds is 3. The van der Waals surface area contributed by atoms with Gasteiger partial charge in [0.2, 0.25) is 5.91 Å². The van der Waals surface area contributed by atoms with Gasteiger partial charge in [0.05, 0.1) is 5.92 Å². The largest absolute Gasteiger partial charge is 0.406 e. The average Bonchev–Trinajstić information content (AvgIpc) is 3.42. The number of piperidine rings is 1. The monoisotopic (exact) mass is 423 g/mol. The van der Waals surface area contributed by atoms with Crippen LogP contribution in [0.25, 0.3) is 0 Å². The van der Waals surface area contributed by atoms with Crippen molar-refractivity contribution >= 4 is 11.7 Å². The number of carbonyl (C=O) groups is 1. The molecule has 30 heavy (non-hydrogen) atoms. The number of amides is 1. The molecule has 4 heterocycles. The summed E-state index contributed by atoms with van der Waals surface area (Å²) in [4.78, 5) is 21.0. The SMILES string of the molecule is O=C1C2CNNC2C2CCC(c3cccnc3N3CCCC3)CC2N1CC(F)(F)F. The molecule has 1 amide bonds. The van der Waals surface area contributed by atoms with Gasteiger partial charge in [-0.05, 0) is 55.6 Å². The number of hydrazine groups is 1. The highest BCUT2D eigenvalue weighted by atomic mass is 19.4. The molecule has 2 N–H and O–H groups in total. The van der Waals surface area contributed by atoms with Gasteiger partial charge in [0, 0.05) is 37.9 Å². The number of nitrogens with one attached hydrogen (secondary N) is 2. The molecule has 164 valence electrons. The number of halogens is 3. The number of nitrogens with zero attached hydrogens (tertiary/aromatic N) is 3. The fourth-order valence-electron chi connectivity index (χ4n) is 6.08. The minimum absolute atomic E-state index is 0.0354. The van der Waals surface area contributed by atoms with Gasteiger partial charge in [-0.1, -0.05) is 6.07 Å². The first kappa shape index (κ1) is 20.1. The standard InChI is InChI=1S/C21H28F3N5O/c22-21(23,24)12-29-17-10-13(5-6-15(17)18-16(20(29)30)11-26-27-18)14-4-3-7-25-19(14)28-8-1-2-9-28/h3-4,7,13,15-18,26-27H,1-2,5-6,8-12H2. The van der Waals surface area contributed by atoms with Gasteiger partial charge >= 0.3 is 6.18 Å². The molecule has 0 spiro atoms. The van der Waals surface area contributed by atoms with Crippen molar-refractivity contribution in [2.75, 3.05) is 31.1 Å². The highest BCUT2D eigenvalue weighted by Crippen LogP contribution is 2.46. The Morgan fingerprint density at radius 3 is 2.77 bits per heavy atom. The molecule has 1 saturated carbocycles. The lowest BCUT2D eigenvalue weighted by Crippen LogP contribution is -2.63. The van der Waals surface area contributed by atoms with Gasteiger partial charge < -0.3 is 9.80 Å². The van der Waals surface area contributed by atoms with Crippen LogP contribution in [0, 0.1) is 11.8 Å². The van der Waals surface area contributed by atoms with Crippen LogP contribution in [-0.2, 0) is 4.79 Å². The smallest absolute Gasteiger partial charge is 0.356 e. The molecule has 4 aliphatic rings. The van der Waals surface area contributed by atoms with Gasteiger partial charge in [0.25, 0.3) is 0 Å². The summed E-state index contributed by atoms with van der Waals surface area (Å²) in [5.74, 6) is 0.339. The maximum absolute atomic E-state index is 13.4. The minimum atomic E-state index is -4.39. The minimum Gasteiger partial charge on any atom is -0.356 e. The van der Waals surface area contributed by atoms with Crippen LogP contribution >= 0.6 is 0 Å². The van der Waals surface area contributed by atoms with Crippen molar-refractivity contribution in [3.63, 3.8) is 0 Å². The van der Waals surface area contributed by atoms with E-state index in [9.17, 15) is 18.0 Å². The Kier molecular flexibility index (Phi) is 5.13. The molecule has 0 radical (unpaired) electrons. The van der Waals surface area contributed by atoms with E-state index < -0.39 is 24.7 Å². The van der Waals surface area contributed by atoms with Crippen LogP contribution < -0.4 is 15.8 Å².